The molecule has 0 aromatic heterocycles. The molecule has 31 heavy (non-hydrogen) atoms. The molecule has 2 aromatic carbocycles. The van der Waals surface area contributed by atoms with Crippen molar-refractivity contribution < 1.29 is 19.1 Å². The van der Waals surface area contributed by atoms with Crippen molar-refractivity contribution in [2.75, 3.05) is 23.3 Å². The average molecular weight is 442 g/mol. The van der Waals surface area contributed by atoms with Crippen molar-refractivity contribution in [3.8, 4) is 0 Å². The SMILES string of the molecule is O=C(Nc1ccc(Cl)cc1)O[C@@H]1CCCN1C(=O)c1ccc(N2CCCCC2=O)cc1. The molecule has 0 radical (unpaired) electrons. The summed E-state index contributed by atoms with van der Waals surface area (Å²) in [5, 5.41) is 3.22. The molecule has 2 aliphatic rings. The molecule has 2 aliphatic heterocycles. The summed E-state index contributed by atoms with van der Waals surface area (Å²) in [6, 6.07) is 13.7. The van der Waals surface area contributed by atoms with Crippen molar-refractivity contribution in [3.05, 3.63) is 59.1 Å². The fourth-order valence-electron chi connectivity index (χ4n) is 3.92. The lowest BCUT2D eigenvalue weighted by Crippen LogP contribution is -2.39. The molecule has 1 atom stereocenters. The summed E-state index contributed by atoms with van der Waals surface area (Å²) in [6.07, 6.45) is 2.57. The third-order valence-corrected chi connectivity index (χ3v) is 5.79. The quantitative estimate of drug-likeness (QED) is 0.747. The molecule has 0 aliphatic carbocycles. The first-order valence-electron chi connectivity index (χ1n) is 10.5. The average Bonchev–Trinajstić information content (AvgIpc) is 3.23. The van der Waals surface area contributed by atoms with E-state index in [0.717, 1.165) is 24.9 Å². The van der Waals surface area contributed by atoms with E-state index < -0.39 is 12.3 Å². The van der Waals surface area contributed by atoms with Crippen LogP contribution in [0.25, 0.3) is 0 Å². The van der Waals surface area contributed by atoms with Crippen LogP contribution in [-0.4, -0.2) is 42.1 Å². The fourth-order valence-corrected chi connectivity index (χ4v) is 4.05. The van der Waals surface area contributed by atoms with Crippen molar-refractivity contribution in [1.82, 2.24) is 4.90 Å². The standard InChI is InChI=1S/C23H24ClN3O4/c24-17-8-10-18(11-9-17)25-23(30)31-21-5-3-15-27(21)22(29)16-6-12-19(13-7-16)26-14-2-1-4-20(26)28/h6-13,21H,1-5,14-15H2,(H,25,30)/t21-/m1/s1. The van der Waals surface area contributed by atoms with Crippen molar-refractivity contribution in [2.24, 2.45) is 0 Å². The molecule has 2 heterocycles. The summed E-state index contributed by atoms with van der Waals surface area (Å²) in [4.78, 5) is 40.7. The second kappa shape index (κ2) is 9.39. The highest BCUT2D eigenvalue weighted by Gasteiger charge is 2.32. The topological polar surface area (TPSA) is 79.0 Å². The Balaban J connectivity index is 1.38. The van der Waals surface area contributed by atoms with Gasteiger partial charge in [0, 0.05) is 47.9 Å². The van der Waals surface area contributed by atoms with Gasteiger partial charge in [0.2, 0.25) is 5.91 Å². The van der Waals surface area contributed by atoms with E-state index in [-0.39, 0.29) is 11.8 Å². The van der Waals surface area contributed by atoms with Gasteiger partial charge in [-0.15, -0.1) is 0 Å². The summed E-state index contributed by atoms with van der Waals surface area (Å²) >= 11 is 5.85. The number of nitrogens with zero attached hydrogens (tertiary/aromatic N) is 2. The van der Waals surface area contributed by atoms with Crippen LogP contribution in [0.5, 0.6) is 0 Å². The van der Waals surface area contributed by atoms with Gasteiger partial charge in [-0.3, -0.25) is 14.9 Å². The van der Waals surface area contributed by atoms with Crippen molar-refractivity contribution in [3.63, 3.8) is 0 Å². The Bertz CT molecular complexity index is 962. The highest BCUT2D eigenvalue weighted by Crippen LogP contribution is 2.25. The largest absolute Gasteiger partial charge is 0.425 e. The van der Waals surface area contributed by atoms with Crippen molar-refractivity contribution >= 4 is 40.9 Å². The lowest BCUT2D eigenvalue weighted by atomic mass is 10.1. The number of carbonyl (C=O) groups is 3. The number of amides is 3. The Hall–Kier alpha value is -3.06. The van der Waals surface area contributed by atoms with Gasteiger partial charge in [-0.25, -0.2) is 4.79 Å². The number of benzene rings is 2. The second-order valence-corrected chi connectivity index (χ2v) is 8.12. The number of anilines is 2. The predicted octanol–water partition coefficient (Wildman–Crippen LogP) is 4.67. The van der Waals surface area contributed by atoms with E-state index in [1.165, 1.54) is 0 Å². The minimum absolute atomic E-state index is 0.116. The van der Waals surface area contributed by atoms with Gasteiger partial charge in [-0.2, -0.15) is 0 Å². The van der Waals surface area contributed by atoms with Crippen LogP contribution in [0.2, 0.25) is 5.02 Å². The van der Waals surface area contributed by atoms with E-state index in [9.17, 15) is 14.4 Å². The molecule has 162 valence electrons. The maximum atomic E-state index is 13.0. The molecule has 3 amide bonds. The van der Waals surface area contributed by atoms with Crippen LogP contribution >= 0.6 is 11.6 Å². The second-order valence-electron chi connectivity index (χ2n) is 7.68. The summed E-state index contributed by atoms with van der Waals surface area (Å²) in [7, 11) is 0. The van der Waals surface area contributed by atoms with E-state index in [1.807, 2.05) is 0 Å². The minimum atomic E-state index is -0.622. The maximum Gasteiger partial charge on any atom is 0.413 e. The number of likely N-dealkylation sites (tertiary alicyclic amines) is 1. The first-order chi connectivity index (χ1) is 15.0. The molecular weight excluding hydrogens is 418 g/mol. The lowest BCUT2D eigenvalue weighted by Gasteiger charge is -2.27. The minimum Gasteiger partial charge on any atom is -0.425 e. The molecule has 0 unspecified atom stereocenters. The van der Waals surface area contributed by atoms with E-state index in [4.69, 9.17) is 16.3 Å². The number of halogens is 1. The smallest absolute Gasteiger partial charge is 0.413 e. The van der Waals surface area contributed by atoms with E-state index in [2.05, 4.69) is 5.32 Å². The summed E-state index contributed by atoms with van der Waals surface area (Å²) in [5.74, 6) is -0.0802. The summed E-state index contributed by atoms with van der Waals surface area (Å²) in [6.45, 7) is 1.22. The van der Waals surface area contributed by atoms with Crippen LogP contribution in [0.3, 0.4) is 0 Å². The number of hydrogen-bond acceptors (Lipinski definition) is 4. The number of ether oxygens (including phenoxy) is 1. The predicted molar refractivity (Wildman–Crippen MR) is 118 cm³/mol. The third kappa shape index (κ3) is 4.99. The fraction of sp³-hybridized carbons (Fsp3) is 0.348. The molecule has 8 heteroatoms. The molecule has 0 spiro atoms. The Labute approximate surface area is 185 Å². The zero-order chi connectivity index (χ0) is 21.8. The maximum absolute atomic E-state index is 13.0. The van der Waals surface area contributed by atoms with Gasteiger partial charge in [0.05, 0.1) is 0 Å². The lowest BCUT2D eigenvalue weighted by molar-refractivity contribution is -0.119. The molecule has 2 saturated heterocycles. The molecule has 1 N–H and O–H groups in total. The van der Waals surface area contributed by atoms with Crippen molar-refractivity contribution in [1.29, 1.82) is 0 Å². The van der Waals surface area contributed by atoms with Gasteiger partial charge < -0.3 is 14.5 Å². The number of rotatable bonds is 4. The number of hydrogen-bond donors (Lipinski definition) is 1. The Morgan fingerprint density at radius 2 is 1.71 bits per heavy atom. The zero-order valence-corrected chi connectivity index (χ0v) is 17.8. The van der Waals surface area contributed by atoms with Crippen molar-refractivity contribution in [2.45, 2.75) is 38.3 Å². The molecule has 0 saturated carbocycles. The summed E-state index contributed by atoms with van der Waals surface area (Å²) in [5.41, 5.74) is 1.87. The molecular formula is C23H24ClN3O4. The zero-order valence-electron chi connectivity index (χ0n) is 17.1. The molecule has 2 fully saturated rings. The summed E-state index contributed by atoms with van der Waals surface area (Å²) < 4.78 is 5.50. The first kappa shape index (κ1) is 21.2. The molecule has 2 aromatic rings. The van der Waals surface area contributed by atoms with Crippen LogP contribution < -0.4 is 10.2 Å². The first-order valence-corrected chi connectivity index (χ1v) is 10.8. The van der Waals surface area contributed by atoms with E-state index in [1.54, 1.807) is 58.3 Å². The van der Waals surface area contributed by atoms with Gasteiger partial charge in [-0.1, -0.05) is 11.6 Å². The Kier molecular flexibility index (Phi) is 6.42. The molecule has 4 rings (SSSR count). The highest BCUT2D eigenvalue weighted by atomic mass is 35.5. The van der Waals surface area contributed by atoms with E-state index in [0.29, 0.717) is 42.2 Å². The highest BCUT2D eigenvalue weighted by molar-refractivity contribution is 6.30. The van der Waals surface area contributed by atoms with Crippen LogP contribution in [0.4, 0.5) is 16.2 Å². The number of nitrogens with one attached hydrogen (secondary N) is 1. The number of piperidine rings is 1. The van der Waals surface area contributed by atoms with Gasteiger partial charge in [-0.05, 0) is 67.8 Å². The normalized spacial score (nSPS) is 18.7. The Morgan fingerprint density at radius 3 is 2.42 bits per heavy atom. The van der Waals surface area contributed by atoms with Crippen LogP contribution in [0.1, 0.15) is 42.5 Å². The van der Waals surface area contributed by atoms with Gasteiger partial charge >= 0.3 is 6.09 Å². The van der Waals surface area contributed by atoms with Crippen LogP contribution in [-0.2, 0) is 9.53 Å². The number of carbonyl (C=O) groups excluding carboxylic acids is 3. The van der Waals surface area contributed by atoms with Gasteiger partial charge in [0.25, 0.3) is 5.91 Å². The third-order valence-electron chi connectivity index (χ3n) is 5.54. The van der Waals surface area contributed by atoms with Gasteiger partial charge in [0.1, 0.15) is 0 Å². The Morgan fingerprint density at radius 1 is 0.968 bits per heavy atom. The van der Waals surface area contributed by atoms with E-state index >= 15 is 0 Å². The monoisotopic (exact) mass is 441 g/mol. The van der Waals surface area contributed by atoms with Crippen LogP contribution in [0.15, 0.2) is 48.5 Å². The van der Waals surface area contributed by atoms with Gasteiger partial charge in [0.15, 0.2) is 6.23 Å². The van der Waals surface area contributed by atoms with Crippen LogP contribution in [0, 0.1) is 0 Å². The molecule has 0 bridgehead atoms. The molecule has 7 nitrogen and oxygen atoms in total.